The van der Waals surface area contributed by atoms with Crippen molar-refractivity contribution >= 4 is 9.42 Å². The maximum Gasteiger partial charge on any atom is 0.155 e. The Balaban J connectivity index is 0.000000574. The second-order valence-corrected chi connectivity index (χ2v) is 3.26. The summed E-state index contributed by atoms with van der Waals surface area (Å²) in [6, 6.07) is 9.46. The van der Waals surface area contributed by atoms with Gasteiger partial charge in [-0.15, -0.1) is 0 Å². The molecule has 3 aromatic heterocycles. The molecule has 0 saturated carbocycles. The minimum atomic E-state index is 0.776. The molecule has 0 unspecified atom stereocenters. The van der Waals surface area contributed by atoms with Crippen LogP contribution in [-0.4, -0.2) is 24.5 Å². The van der Waals surface area contributed by atoms with Crippen LogP contribution in [0, 0.1) is 0 Å². The Morgan fingerprint density at radius 3 is 1.72 bits per heavy atom. The second kappa shape index (κ2) is 6.47. The van der Waals surface area contributed by atoms with Gasteiger partial charge in [-0.2, -0.15) is 10.2 Å². The first-order chi connectivity index (χ1) is 8.93. The van der Waals surface area contributed by atoms with Crippen LogP contribution in [0.15, 0.2) is 55.1 Å². The molecule has 3 heterocycles. The molecule has 0 spiro atoms. The normalized spacial score (nSPS) is 9.72. The van der Waals surface area contributed by atoms with Gasteiger partial charge in [0.15, 0.2) is 11.6 Å². The van der Waals surface area contributed by atoms with Gasteiger partial charge in [0.25, 0.3) is 0 Å². The molecule has 0 saturated heterocycles. The number of aromatic nitrogens is 5. The van der Waals surface area contributed by atoms with E-state index >= 15 is 0 Å². The van der Waals surface area contributed by atoms with Crippen LogP contribution < -0.4 is 0 Å². The minimum absolute atomic E-state index is 0.776. The molecule has 0 amide bonds. The van der Waals surface area contributed by atoms with Gasteiger partial charge < -0.3 is 0 Å². The molecular formula is C11H9ClN5Pt. The molecule has 3 rings (SSSR count). The molecule has 0 bridgehead atoms. The van der Waals surface area contributed by atoms with E-state index in [0.29, 0.717) is 0 Å². The monoisotopic (exact) mass is 441 g/mol. The van der Waals surface area contributed by atoms with Gasteiger partial charge in [-0.3, -0.25) is 0 Å². The molecule has 3 aromatic rings. The summed E-state index contributed by atoms with van der Waals surface area (Å²) in [7, 11) is 4.61. The van der Waals surface area contributed by atoms with Crippen LogP contribution in [0.25, 0.3) is 11.6 Å². The maximum absolute atomic E-state index is 4.61. The largest absolute Gasteiger partial charge is 0.223 e. The van der Waals surface area contributed by atoms with E-state index in [-0.39, 0.29) is 0 Å². The summed E-state index contributed by atoms with van der Waals surface area (Å²) in [5.74, 6) is 1.55. The van der Waals surface area contributed by atoms with Crippen LogP contribution in [-0.2, 0) is 18.8 Å². The van der Waals surface area contributed by atoms with Crippen molar-refractivity contribution in [2.45, 2.75) is 0 Å². The Kier molecular flexibility index (Phi) is 4.67. The Bertz CT molecular complexity index is 530. The quantitative estimate of drug-likeness (QED) is 0.612. The van der Waals surface area contributed by atoms with Gasteiger partial charge in [-0.1, -0.05) is 6.07 Å². The fourth-order valence-corrected chi connectivity index (χ4v) is 1.48. The minimum Gasteiger partial charge on any atom is -0.223 e. The van der Waals surface area contributed by atoms with E-state index in [1.807, 2.05) is 42.7 Å². The first kappa shape index (κ1) is 13.0. The van der Waals surface area contributed by atoms with Crippen LogP contribution in [0.1, 0.15) is 0 Å². The van der Waals surface area contributed by atoms with E-state index in [1.54, 1.807) is 40.5 Å². The summed E-state index contributed by atoms with van der Waals surface area (Å²) in [6.07, 6.45) is 7.16. The summed E-state index contributed by atoms with van der Waals surface area (Å²) < 4.78 is 3.43. The smallest absolute Gasteiger partial charge is 0.155 e. The Morgan fingerprint density at radius 2 is 1.33 bits per heavy atom. The molecule has 7 heteroatoms. The summed E-state index contributed by atoms with van der Waals surface area (Å²) >= 11 is 1.61. The molecule has 0 aliphatic carbocycles. The fourth-order valence-electron chi connectivity index (χ4n) is 1.48. The van der Waals surface area contributed by atoms with Crippen molar-refractivity contribution in [1.29, 1.82) is 0 Å². The fraction of sp³-hybridized carbons (Fsp3) is 0. The molecule has 0 aliphatic heterocycles. The third kappa shape index (κ3) is 2.86. The van der Waals surface area contributed by atoms with E-state index in [0.717, 1.165) is 11.6 Å². The molecule has 5 nitrogen and oxygen atoms in total. The SMILES string of the molecule is [Cl][Pt].c1cc(-n2cccn2)nc(-n2cccn2)c1. The van der Waals surface area contributed by atoms with Gasteiger partial charge in [-0.25, -0.2) is 14.3 Å². The van der Waals surface area contributed by atoms with Crippen molar-refractivity contribution in [1.82, 2.24) is 24.5 Å². The zero-order chi connectivity index (χ0) is 12.8. The molecule has 0 radical (unpaired) electrons. The van der Waals surface area contributed by atoms with E-state index in [9.17, 15) is 0 Å². The molecule has 95 valence electrons. The van der Waals surface area contributed by atoms with Crippen LogP contribution in [0.3, 0.4) is 0 Å². The summed E-state index contributed by atoms with van der Waals surface area (Å²) in [4.78, 5) is 4.46. The van der Waals surface area contributed by atoms with Crippen LogP contribution in [0.2, 0.25) is 0 Å². The summed E-state index contributed by atoms with van der Waals surface area (Å²) in [5, 5.41) is 8.27. The average molecular weight is 442 g/mol. The Hall–Kier alpha value is -1.45. The van der Waals surface area contributed by atoms with Crippen molar-refractivity contribution in [2.24, 2.45) is 0 Å². The molecule has 0 N–H and O–H groups in total. The topological polar surface area (TPSA) is 48.5 Å². The van der Waals surface area contributed by atoms with Crippen LogP contribution >= 0.6 is 9.42 Å². The maximum atomic E-state index is 4.61. The van der Waals surface area contributed by atoms with E-state index < -0.39 is 0 Å². The van der Waals surface area contributed by atoms with Gasteiger partial charge in [0.05, 0.1) is 0 Å². The predicted octanol–water partition coefficient (Wildman–Crippen LogP) is 2.14. The molecular weight excluding hydrogens is 433 g/mol. The third-order valence-corrected chi connectivity index (χ3v) is 2.20. The molecule has 0 fully saturated rings. The molecule has 0 aliphatic rings. The van der Waals surface area contributed by atoms with E-state index in [2.05, 4.69) is 24.6 Å². The Labute approximate surface area is 119 Å². The van der Waals surface area contributed by atoms with Crippen LogP contribution in [0.4, 0.5) is 0 Å². The van der Waals surface area contributed by atoms with Crippen molar-refractivity contribution in [2.75, 3.05) is 0 Å². The number of nitrogens with zero attached hydrogens (tertiary/aromatic N) is 5. The summed E-state index contributed by atoms with van der Waals surface area (Å²) in [6.45, 7) is 0. The average Bonchev–Trinajstić information content (AvgIpc) is 3.15. The van der Waals surface area contributed by atoms with Crippen molar-refractivity contribution in [3.63, 3.8) is 0 Å². The van der Waals surface area contributed by atoms with Crippen LogP contribution in [0.5, 0.6) is 0 Å². The van der Waals surface area contributed by atoms with Gasteiger partial charge in [0.2, 0.25) is 0 Å². The first-order valence-corrected chi connectivity index (χ1v) is 7.84. The third-order valence-electron chi connectivity index (χ3n) is 2.20. The molecule has 0 aromatic carbocycles. The molecule has 0 atom stereocenters. The number of hydrogen-bond donors (Lipinski definition) is 0. The van der Waals surface area contributed by atoms with Gasteiger partial charge in [0, 0.05) is 24.8 Å². The van der Waals surface area contributed by atoms with Gasteiger partial charge >= 0.3 is 28.2 Å². The van der Waals surface area contributed by atoms with Gasteiger partial charge in [0.1, 0.15) is 0 Å². The van der Waals surface area contributed by atoms with E-state index in [1.165, 1.54) is 0 Å². The zero-order valence-electron chi connectivity index (χ0n) is 9.13. The molecule has 18 heavy (non-hydrogen) atoms. The zero-order valence-corrected chi connectivity index (χ0v) is 12.2. The van der Waals surface area contributed by atoms with Crippen molar-refractivity contribution in [3.8, 4) is 11.6 Å². The van der Waals surface area contributed by atoms with Crippen molar-refractivity contribution in [3.05, 3.63) is 55.1 Å². The Morgan fingerprint density at radius 1 is 0.833 bits per heavy atom. The summed E-state index contributed by atoms with van der Waals surface area (Å²) in [5.41, 5.74) is 0. The predicted molar refractivity (Wildman–Crippen MR) is 64.3 cm³/mol. The number of halogens is 1. The number of rotatable bonds is 2. The number of hydrogen-bond acceptors (Lipinski definition) is 3. The standard InChI is InChI=1S/C11H9N5.ClH.Pt/c1-4-10(15-8-2-6-12-15)14-11(5-1)16-9-3-7-13-16;;/h1-9H;1H;/q;;+1/p-1. The second-order valence-electron chi connectivity index (χ2n) is 3.26. The number of pyridine rings is 1. The van der Waals surface area contributed by atoms with Crippen molar-refractivity contribution < 1.29 is 18.8 Å². The van der Waals surface area contributed by atoms with E-state index in [4.69, 9.17) is 0 Å². The van der Waals surface area contributed by atoms with Gasteiger partial charge in [-0.05, 0) is 24.3 Å². The first-order valence-electron chi connectivity index (χ1n) is 5.02.